The number of allylic oxidation sites excluding steroid dienone is 1. The molecule has 6 nitrogen and oxygen atoms in total. The fraction of sp³-hybridized carbons (Fsp3) is 0.143. The standard InChI is InChI=1S/C21H18FN5OS/c1-3-11-27-20(16-5-4-10-23-12-16)24-25-21(27)29-13-18-14(2)19(28-26-18)15-6-8-17(22)9-7-15/h3-10,12H,1,11,13H2,2H3. The first-order valence-corrected chi connectivity index (χ1v) is 9.94. The van der Waals surface area contributed by atoms with Gasteiger partial charge in [0.1, 0.15) is 5.82 Å². The van der Waals surface area contributed by atoms with E-state index < -0.39 is 0 Å². The van der Waals surface area contributed by atoms with Crippen LogP contribution in [0, 0.1) is 12.7 Å². The van der Waals surface area contributed by atoms with Gasteiger partial charge >= 0.3 is 0 Å². The molecule has 29 heavy (non-hydrogen) atoms. The third-order valence-electron chi connectivity index (χ3n) is 4.41. The van der Waals surface area contributed by atoms with Crippen molar-refractivity contribution in [2.75, 3.05) is 0 Å². The minimum atomic E-state index is -0.285. The summed E-state index contributed by atoms with van der Waals surface area (Å²) in [5.41, 5.74) is 3.42. The van der Waals surface area contributed by atoms with Crippen LogP contribution in [0.2, 0.25) is 0 Å². The zero-order chi connectivity index (χ0) is 20.2. The Morgan fingerprint density at radius 1 is 1.17 bits per heavy atom. The van der Waals surface area contributed by atoms with E-state index in [2.05, 4.69) is 26.9 Å². The SMILES string of the molecule is C=CCn1c(SCc2noc(-c3ccc(F)cc3)c2C)nnc1-c1cccnc1. The van der Waals surface area contributed by atoms with Gasteiger partial charge in [0.05, 0.1) is 5.69 Å². The quantitative estimate of drug-likeness (QED) is 0.320. The Balaban J connectivity index is 1.56. The molecule has 146 valence electrons. The molecule has 0 amide bonds. The van der Waals surface area contributed by atoms with Crippen molar-refractivity contribution < 1.29 is 8.91 Å². The summed E-state index contributed by atoms with van der Waals surface area (Å²) in [4.78, 5) is 4.15. The number of benzene rings is 1. The first-order chi connectivity index (χ1) is 14.2. The van der Waals surface area contributed by atoms with Crippen LogP contribution in [0.5, 0.6) is 0 Å². The number of halogens is 1. The van der Waals surface area contributed by atoms with Gasteiger partial charge in [0.2, 0.25) is 0 Å². The van der Waals surface area contributed by atoms with Gasteiger partial charge in [-0.05, 0) is 43.3 Å². The molecule has 8 heteroatoms. The molecule has 0 saturated carbocycles. The van der Waals surface area contributed by atoms with Crippen molar-refractivity contribution in [1.29, 1.82) is 0 Å². The lowest BCUT2D eigenvalue weighted by atomic mass is 10.1. The lowest BCUT2D eigenvalue weighted by molar-refractivity contribution is 0.426. The molecule has 0 atom stereocenters. The number of rotatable bonds is 7. The van der Waals surface area contributed by atoms with Crippen LogP contribution < -0.4 is 0 Å². The summed E-state index contributed by atoms with van der Waals surface area (Å²) in [5, 5.41) is 13.6. The molecule has 0 saturated heterocycles. The summed E-state index contributed by atoms with van der Waals surface area (Å²) in [6.45, 7) is 6.36. The normalized spacial score (nSPS) is 11.0. The molecule has 0 bridgehead atoms. The summed E-state index contributed by atoms with van der Waals surface area (Å²) in [7, 11) is 0. The Hall–Kier alpha value is -3.26. The third-order valence-corrected chi connectivity index (χ3v) is 5.39. The maximum absolute atomic E-state index is 13.2. The second kappa shape index (κ2) is 8.40. The summed E-state index contributed by atoms with van der Waals surface area (Å²) < 4.78 is 20.7. The minimum Gasteiger partial charge on any atom is -0.356 e. The van der Waals surface area contributed by atoms with E-state index in [9.17, 15) is 4.39 Å². The zero-order valence-corrected chi connectivity index (χ0v) is 16.6. The van der Waals surface area contributed by atoms with Crippen LogP contribution in [0.3, 0.4) is 0 Å². The van der Waals surface area contributed by atoms with Gasteiger partial charge in [0.15, 0.2) is 16.7 Å². The summed E-state index contributed by atoms with van der Waals surface area (Å²) in [6, 6.07) is 9.99. The van der Waals surface area contributed by atoms with Crippen LogP contribution >= 0.6 is 11.8 Å². The lowest BCUT2D eigenvalue weighted by Gasteiger charge is -2.07. The maximum atomic E-state index is 13.2. The maximum Gasteiger partial charge on any atom is 0.192 e. The smallest absolute Gasteiger partial charge is 0.192 e. The second-order valence-corrected chi connectivity index (χ2v) is 7.27. The molecule has 0 N–H and O–H groups in total. The van der Waals surface area contributed by atoms with E-state index in [1.54, 1.807) is 30.6 Å². The van der Waals surface area contributed by atoms with Crippen LogP contribution in [0.1, 0.15) is 11.3 Å². The van der Waals surface area contributed by atoms with E-state index in [-0.39, 0.29) is 5.82 Å². The van der Waals surface area contributed by atoms with E-state index in [0.717, 1.165) is 33.4 Å². The average Bonchev–Trinajstić information content (AvgIpc) is 3.31. The Morgan fingerprint density at radius 2 is 2.00 bits per heavy atom. The minimum absolute atomic E-state index is 0.285. The highest BCUT2D eigenvalue weighted by atomic mass is 32.2. The molecule has 0 spiro atoms. The van der Waals surface area contributed by atoms with Gasteiger partial charge in [-0.3, -0.25) is 9.55 Å². The van der Waals surface area contributed by atoms with Crippen molar-refractivity contribution in [3.8, 4) is 22.7 Å². The topological polar surface area (TPSA) is 69.6 Å². The van der Waals surface area contributed by atoms with Crippen molar-refractivity contribution in [2.45, 2.75) is 24.4 Å². The van der Waals surface area contributed by atoms with Crippen molar-refractivity contribution in [1.82, 2.24) is 24.9 Å². The summed E-state index contributed by atoms with van der Waals surface area (Å²) >= 11 is 1.52. The van der Waals surface area contributed by atoms with Gasteiger partial charge in [0, 0.05) is 41.4 Å². The van der Waals surface area contributed by atoms with E-state index in [0.29, 0.717) is 18.1 Å². The van der Waals surface area contributed by atoms with Gasteiger partial charge in [-0.1, -0.05) is 23.0 Å². The van der Waals surface area contributed by atoms with Gasteiger partial charge in [-0.25, -0.2) is 4.39 Å². The predicted octanol–water partition coefficient (Wildman–Crippen LogP) is 4.92. The summed E-state index contributed by atoms with van der Waals surface area (Å²) in [5.74, 6) is 1.67. The molecule has 0 aliphatic heterocycles. The first kappa shape index (κ1) is 19.1. The molecule has 3 heterocycles. The Labute approximate surface area is 171 Å². The zero-order valence-electron chi connectivity index (χ0n) is 15.7. The van der Waals surface area contributed by atoms with Crippen LogP contribution in [-0.2, 0) is 12.3 Å². The molecular weight excluding hydrogens is 389 g/mol. The van der Waals surface area contributed by atoms with Gasteiger partial charge < -0.3 is 4.52 Å². The first-order valence-electron chi connectivity index (χ1n) is 8.95. The van der Waals surface area contributed by atoms with Gasteiger partial charge in [0.25, 0.3) is 0 Å². The average molecular weight is 407 g/mol. The molecule has 0 aliphatic rings. The van der Waals surface area contributed by atoms with E-state index in [4.69, 9.17) is 4.52 Å². The molecule has 1 aromatic carbocycles. The fourth-order valence-corrected chi connectivity index (χ4v) is 3.85. The van der Waals surface area contributed by atoms with Gasteiger partial charge in [-0.2, -0.15) is 0 Å². The highest BCUT2D eigenvalue weighted by molar-refractivity contribution is 7.98. The second-order valence-electron chi connectivity index (χ2n) is 6.33. The van der Waals surface area contributed by atoms with Crippen LogP contribution in [0.25, 0.3) is 22.7 Å². The molecule has 4 rings (SSSR count). The number of nitrogens with zero attached hydrogens (tertiary/aromatic N) is 5. The van der Waals surface area contributed by atoms with Crippen LogP contribution in [-0.4, -0.2) is 24.9 Å². The van der Waals surface area contributed by atoms with Crippen LogP contribution in [0.4, 0.5) is 4.39 Å². The Morgan fingerprint density at radius 3 is 2.72 bits per heavy atom. The van der Waals surface area contributed by atoms with Crippen molar-refractivity contribution in [3.63, 3.8) is 0 Å². The van der Waals surface area contributed by atoms with Crippen molar-refractivity contribution >= 4 is 11.8 Å². The Kier molecular flexibility index (Phi) is 5.53. The number of aromatic nitrogens is 5. The Bertz CT molecular complexity index is 1120. The van der Waals surface area contributed by atoms with Crippen molar-refractivity contribution in [3.05, 3.63) is 78.5 Å². The van der Waals surface area contributed by atoms with E-state index >= 15 is 0 Å². The fourth-order valence-electron chi connectivity index (χ4n) is 2.90. The molecule has 0 radical (unpaired) electrons. The van der Waals surface area contributed by atoms with Gasteiger partial charge in [-0.15, -0.1) is 16.8 Å². The predicted molar refractivity (Wildman–Crippen MR) is 110 cm³/mol. The molecule has 3 aromatic heterocycles. The highest BCUT2D eigenvalue weighted by Gasteiger charge is 2.17. The van der Waals surface area contributed by atoms with E-state index in [1.807, 2.05) is 23.6 Å². The third kappa shape index (κ3) is 3.97. The van der Waals surface area contributed by atoms with Crippen LogP contribution in [0.15, 0.2) is 71.1 Å². The molecule has 0 aliphatic carbocycles. The number of hydrogen-bond acceptors (Lipinski definition) is 6. The number of hydrogen-bond donors (Lipinski definition) is 0. The molecule has 4 aromatic rings. The highest BCUT2D eigenvalue weighted by Crippen LogP contribution is 2.31. The monoisotopic (exact) mass is 407 g/mol. The number of thioether (sulfide) groups is 1. The van der Waals surface area contributed by atoms with Crippen molar-refractivity contribution in [2.24, 2.45) is 0 Å². The van der Waals surface area contributed by atoms with E-state index in [1.165, 1.54) is 23.9 Å². The largest absolute Gasteiger partial charge is 0.356 e. The molecule has 0 unspecified atom stereocenters. The lowest BCUT2D eigenvalue weighted by Crippen LogP contribution is -2.01. The summed E-state index contributed by atoms with van der Waals surface area (Å²) in [6.07, 6.45) is 5.29. The molecular formula is C21H18FN5OS. The molecule has 0 fully saturated rings. The number of pyridine rings is 1.